The molecule has 0 amide bonds. The first-order valence-corrected chi connectivity index (χ1v) is 10.1. The Balaban J connectivity index is 1.62. The lowest BCUT2D eigenvalue weighted by Gasteiger charge is -2.10. The maximum absolute atomic E-state index is 10.6. The summed E-state index contributed by atoms with van der Waals surface area (Å²) in [6.07, 6.45) is 4.30. The molecule has 0 bridgehead atoms. The number of imidazole rings is 1. The van der Waals surface area contributed by atoms with E-state index in [-0.39, 0.29) is 6.42 Å². The highest BCUT2D eigenvalue weighted by Crippen LogP contribution is 2.30. The summed E-state index contributed by atoms with van der Waals surface area (Å²) in [7, 11) is 0. The van der Waals surface area contributed by atoms with Crippen LogP contribution in [-0.2, 0) is 4.79 Å². The van der Waals surface area contributed by atoms with Gasteiger partial charge in [0.15, 0.2) is 0 Å². The van der Waals surface area contributed by atoms with E-state index in [4.69, 9.17) is 14.8 Å². The number of ether oxygens (including phenoxy) is 1. The average molecular weight is 401 g/mol. The minimum atomic E-state index is -0.752. The Morgan fingerprint density at radius 2 is 1.80 bits per heavy atom. The van der Waals surface area contributed by atoms with E-state index in [2.05, 4.69) is 4.98 Å². The van der Waals surface area contributed by atoms with Gasteiger partial charge in [0.2, 0.25) is 0 Å². The largest absolute Gasteiger partial charge is 0.494 e. The first-order chi connectivity index (χ1) is 14.7. The molecule has 0 aliphatic rings. The molecular formula is C24H23N3O3. The van der Waals surface area contributed by atoms with E-state index >= 15 is 0 Å². The number of fused-ring (bicyclic) bond motifs is 1. The Bertz CT molecular complexity index is 1120. The van der Waals surface area contributed by atoms with E-state index in [1.54, 1.807) is 6.20 Å². The van der Waals surface area contributed by atoms with Crippen LogP contribution in [0.15, 0.2) is 72.9 Å². The highest BCUT2D eigenvalue weighted by molar-refractivity contribution is 5.84. The van der Waals surface area contributed by atoms with Gasteiger partial charge in [-0.05, 0) is 43.5 Å². The molecule has 2 heterocycles. The van der Waals surface area contributed by atoms with Gasteiger partial charge in [0.25, 0.3) is 0 Å². The van der Waals surface area contributed by atoms with Crippen LogP contribution >= 0.6 is 0 Å². The summed E-state index contributed by atoms with van der Waals surface area (Å²) in [5, 5.41) is 8.71. The number of carbonyl (C=O) groups is 1. The van der Waals surface area contributed by atoms with E-state index in [0.29, 0.717) is 13.0 Å². The van der Waals surface area contributed by atoms with Gasteiger partial charge in [0.1, 0.15) is 17.4 Å². The summed E-state index contributed by atoms with van der Waals surface area (Å²) in [6, 6.07) is 21.7. The van der Waals surface area contributed by atoms with Gasteiger partial charge in [0, 0.05) is 24.2 Å². The zero-order valence-electron chi connectivity index (χ0n) is 16.6. The van der Waals surface area contributed by atoms with Crippen molar-refractivity contribution >= 4 is 17.0 Å². The SMILES string of the molecule is O=C(O)CCCCCOc1ccc2nc(-c3ccccc3)n(-c3ccccn3)c2c1. The fourth-order valence-electron chi connectivity index (χ4n) is 3.39. The number of carboxylic acids is 1. The second kappa shape index (κ2) is 9.22. The molecule has 0 radical (unpaired) electrons. The molecule has 0 unspecified atom stereocenters. The van der Waals surface area contributed by atoms with Crippen LogP contribution in [0.2, 0.25) is 0 Å². The van der Waals surface area contributed by atoms with Crippen LogP contribution < -0.4 is 4.74 Å². The number of carboxylic acid groups (broad SMARTS) is 1. The Hall–Kier alpha value is -3.67. The normalized spacial score (nSPS) is 10.9. The first kappa shape index (κ1) is 19.6. The quantitative estimate of drug-likeness (QED) is 0.394. The Kier molecular flexibility index (Phi) is 6.03. The zero-order chi connectivity index (χ0) is 20.8. The van der Waals surface area contributed by atoms with E-state index in [0.717, 1.165) is 46.8 Å². The number of hydrogen-bond acceptors (Lipinski definition) is 4. The summed E-state index contributed by atoms with van der Waals surface area (Å²) < 4.78 is 7.96. The van der Waals surface area contributed by atoms with Gasteiger partial charge in [0.05, 0.1) is 17.6 Å². The Morgan fingerprint density at radius 1 is 0.967 bits per heavy atom. The number of pyridine rings is 1. The van der Waals surface area contributed by atoms with Gasteiger partial charge in [-0.2, -0.15) is 0 Å². The molecule has 6 nitrogen and oxygen atoms in total. The minimum absolute atomic E-state index is 0.206. The number of unbranched alkanes of at least 4 members (excludes halogenated alkanes) is 2. The van der Waals surface area contributed by atoms with Crippen LogP contribution in [0.5, 0.6) is 5.75 Å². The van der Waals surface area contributed by atoms with Crippen molar-refractivity contribution in [3.8, 4) is 23.0 Å². The van der Waals surface area contributed by atoms with Gasteiger partial charge < -0.3 is 9.84 Å². The van der Waals surface area contributed by atoms with Crippen molar-refractivity contribution in [2.45, 2.75) is 25.7 Å². The third-order valence-electron chi connectivity index (χ3n) is 4.84. The maximum Gasteiger partial charge on any atom is 0.303 e. The van der Waals surface area contributed by atoms with Crippen molar-refractivity contribution in [2.24, 2.45) is 0 Å². The summed E-state index contributed by atoms with van der Waals surface area (Å²) >= 11 is 0. The molecule has 6 heteroatoms. The standard InChI is InChI=1S/C24H23N3O3/c28-23(29)12-5-2-8-16-30-19-13-14-20-21(17-19)27(22-11-6-7-15-25-22)24(26-20)18-9-3-1-4-10-18/h1,3-4,6-7,9-11,13-15,17H,2,5,8,12,16H2,(H,28,29). The van der Waals surface area contributed by atoms with Crippen molar-refractivity contribution in [1.82, 2.24) is 14.5 Å². The number of rotatable bonds is 9. The van der Waals surface area contributed by atoms with Crippen LogP contribution in [0.25, 0.3) is 28.2 Å². The zero-order valence-corrected chi connectivity index (χ0v) is 16.6. The molecule has 0 atom stereocenters. The van der Waals surface area contributed by atoms with Crippen molar-refractivity contribution in [3.05, 3.63) is 72.9 Å². The molecule has 2 aromatic carbocycles. The number of aromatic nitrogens is 3. The molecule has 0 aliphatic carbocycles. The molecule has 0 spiro atoms. The smallest absolute Gasteiger partial charge is 0.303 e. The number of aliphatic carboxylic acids is 1. The summed E-state index contributed by atoms with van der Waals surface area (Å²) in [6.45, 7) is 0.550. The minimum Gasteiger partial charge on any atom is -0.494 e. The monoisotopic (exact) mass is 401 g/mol. The highest BCUT2D eigenvalue weighted by atomic mass is 16.5. The Morgan fingerprint density at radius 3 is 2.57 bits per heavy atom. The summed E-state index contributed by atoms with van der Waals surface area (Å²) in [4.78, 5) is 20.0. The maximum atomic E-state index is 10.6. The number of nitrogens with zero attached hydrogens (tertiary/aromatic N) is 3. The van der Waals surface area contributed by atoms with Gasteiger partial charge in [-0.3, -0.25) is 9.36 Å². The van der Waals surface area contributed by atoms with E-state index in [1.165, 1.54) is 0 Å². The molecule has 2 aromatic heterocycles. The lowest BCUT2D eigenvalue weighted by Crippen LogP contribution is -2.01. The Labute approximate surface area is 174 Å². The van der Waals surface area contributed by atoms with Gasteiger partial charge >= 0.3 is 5.97 Å². The molecule has 4 aromatic rings. The molecule has 0 saturated carbocycles. The third kappa shape index (κ3) is 4.49. The number of hydrogen-bond donors (Lipinski definition) is 1. The van der Waals surface area contributed by atoms with Crippen LogP contribution in [-0.4, -0.2) is 32.2 Å². The third-order valence-corrected chi connectivity index (χ3v) is 4.84. The lowest BCUT2D eigenvalue weighted by molar-refractivity contribution is -0.137. The molecule has 0 fully saturated rings. The van der Waals surface area contributed by atoms with Crippen molar-refractivity contribution in [2.75, 3.05) is 6.61 Å². The van der Waals surface area contributed by atoms with E-state index < -0.39 is 5.97 Å². The second-order valence-electron chi connectivity index (χ2n) is 7.03. The van der Waals surface area contributed by atoms with E-state index in [9.17, 15) is 4.79 Å². The van der Waals surface area contributed by atoms with Crippen LogP contribution in [0.4, 0.5) is 0 Å². The van der Waals surface area contributed by atoms with Gasteiger partial charge in [-0.1, -0.05) is 36.4 Å². The van der Waals surface area contributed by atoms with Crippen LogP contribution in [0.3, 0.4) is 0 Å². The van der Waals surface area contributed by atoms with Gasteiger partial charge in [-0.15, -0.1) is 0 Å². The molecule has 30 heavy (non-hydrogen) atoms. The van der Waals surface area contributed by atoms with Crippen LogP contribution in [0, 0.1) is 0 Å². The molecular weight excluding hydrogens is 378 g/mol. The molecule has 4 rings (SSSR count). The lowest BCUT2D eigenvalue weighted by atomic mass is 10.2. The second-order valence-corrected chi connectivity index (χ2v) is 7.03. The molecule has 0 saturated heterocycles. The van der Waals surface area contributed by atoms with Crippen molar-refractivity contribution in [3.63, 3.8) is 0 Å². The van der Waals surface area contributed by atoms with Gasteiger partial charge in [-0.25, -0.2) is 9.97 Å². The fraction of sp³-hybridized carbons (Fsp3) is 0.208. The highest BCUT2D eigenvalue weighted by Gasteiger charge is 2.15. The first-order valence-electron chi connectivity index (χ1n) is 10.1. The topological polar surface area (TPSA) is 77.2 Å². The molecule has 0 aliphatic heterocycles. The predicted octanol–water partition coefficient (Wildman–Crippen LogP) is 5.11. The van der Waals surface area contributed by atoms with Crippen molar-refractivity contribution < 1.29 is 14.6 Å². The van der Waals surface area contributed by atoms with E-state index in [1.807, 2.05) is 71.3 Å². The predicted molar refractivity (Wildman–Crippen MR) is 116 cm³/mol. The molecule has 1 N–H and O–H groups in total. The van der Waals surface area contributed by atoms with Crippen molar-refractivity contribution in [1.29, 1.82) is 0 Å². The summed E-state index contributed by atoms with van der Waals surface area (Å²) in [5.41, 5.74) is 2.81. The fourth-order valence-corrected chi connectivity index (χ4v) is 3.39. The average Bonchev–Trinajstić information content (AvgIpc) is 3.16. The van der Waals surface area contributed by atoms with Crippen LogP contribution in [0.1, 0.15) is 25.7 Å². The number of benzene rings is 2. The summed E-state index contributed by atoms with van der Waals surface area (Å²) in [5.74, 6) is 1.63. The molecule has 152 valence electrons.